The molecule has 1 aliphatic heterocycles. The summed E-state index contributed by atoms with van der Waals surface area (Å²) < 4.78 is 13.8. The monoisotopic (exact) mass is 307 g/mol. The Morgan fingerprint density at radius 1 is 1.19 bits per heavy atom. The van der Waals surface area contributed by atoms with Gasteiger partial charge < -0.3 is 5.32 Å². The minimum atomic E-state index is -0.125. The molecule has 21 heavy (non-hydrogen) atoms. The lowest BCUT2D eigenvalue weighted by molar-refractivity contribution is 0.152. The van der Waals surface area contributed by atoms with Crippen molar-refractivity contribution >= 4 is 12.4 Å². The van der Waals surface area contributed by atoms with Gasteiger partial charge in [-0.05, 0) is 23.8 Å². The molecule has 1 N–H and O–H groups in total. The molecule has 0 amide bonds. The summed E-state index contributed by atoms with van der Waals surface area (Å²) in [5, 5.41) is 3.41. The molecule has 1 atom stereocenters. The smallest absolute Gasteiger partial charge is 0.127 e. The molecular weight excluding hydrogens is 289 g/mol. The summed E-state index contributed by atoms with van der Waals surface area (Å²) >= 11 is 0. The van der Waals surface area contributed by atoms with Gasteiger partial charge in [-0.3, -0.25) is 9.88 Å². The van der Waals surface area contributed by atoms with Crippen LogP contribution in [0.5, 0.6) is 0 Å². The highest BCUT2D eigenvalue weighted by atomic mass is 35.5. The van der Waals surface area contributed by atoms with E-state index < -0.39 is 0 Å². The standard InChI is InChI=1S/C16H18FN3.ClH/c17-15-4-2-1-3-14(15)12-20-10-9-19-11-16(20)13-5-7-18-8-6-13;/h1-8,16,19H,9-12H2;1H. The van der Waals surface area contributed by atoms with E-state index >= 15 is 0 Å². The number of piperazine rings is 1. The zero-order chi connectivity index (χ0) is 13.8. The van der Waals surface area contributed by atoms with Crippen molar-refractivity contribution in [1.29, 1.82) is 0 Å². The summed E-state index contributed by atoms with van der Waals surface area (Å²) in [5.41, 5.74) is 1.98. The van der Waals surface area contributed by atoms with Gasteiger partial charge in [0.15, 0.2) is 0 Å². The number of benzene rings is 1. The van der Waals surface area contributed by atoms with Crippen LogP contribution < -0.4 is 5.32 Å². The number of nitrogens with one attached hydrogen (secondary N) is 1. The molecule has 1 aliphatic rings. The fourth-order valence-electron chi connectivity index (χ4n) is 2.70. The average Bonchev–Trinajstić information content (AvgIpc) is 2.51. The molecule has 2 heterocycles. The molecule has 3 nitrogen and oxygen atoms in total. The topological polar surface area (TPSA) is 28.2 Å². The first-order valence-electron chi connectivity index (χ1n) is 6.92. The fraction of sp³-hybridized carbons (Fsp3) is 0.312. The SMILES string of the molecule is Cl.Fc1ccccc1CN1CCNCC1c1ccncc1. The van der Waals surface area contributed by atoms with Gasteiger partial charge in [0.05, 0.1) is 0 Å². The lowest BCUT2D eigenvalue weighted by atomic mass is 10.0. The Balaban J connectivity index is 0.00000161. The van der Waals surface area contributed by atoms with Crippen LogP contribution in [0.25, 0.3) is 0 Å². The molecular formula is C16H19ClFN3. The minimum Gasteiger partial charge on any atom is -0.314 e. The molecule has 112 valence electrons. The van der Waals surface area contributed by atoms with E-state index in [1.54, 1.807) is 6.07 Å². The van der Waals surface area contributed by atoms with Gasteiger partial charge in [0.25, 0.3) is 0 Å². The fourth-order valence-corrected chi connectivity index (χ4v) is 2.70. The summed E-state index contributed by atoms with van der Waals surface area (Å²) in [6, 6.07) is 11.4. The van der Waals surface area contributed by atoms with E-state index in [2.05, 4.69) is 15.2 Å². The van der Waals surface area contributed by atoms with Gasteiger partial charge >= 0.3 is 0 Å². The van der Waals surface area contributed by atoms with Gasteiger partial charge in [-0.15, -0.1) is 12.4 Å². The third kappa shape index (κ3) is 3.79. The van der Waals surface area contributed by atoms with E-state index in [-0.39, 0.29) is 24.3 Å². The van der Waals surface area contributed by atoms with Crippen molar-refractivity contribution < 1.29 is 4.39 Å². The maximum atomic E-state index is 13.8. The zero-order valence-electron chi connectivity index (χ0n) is 11.7. The Morgan fingerprint density at radius 3 is 2.71 bits per heavy atom. The quantitative estimate of drug-likeness (QED) is 0.945. The molecule has 0 aliphatic carbocycles. The molecule has 0 radical (unpaired) electrons. The second-order valence-corrected chi connectivity index (χ2v) is 5.06. The van der Waals surface area contributed by atoms with Crippen LogP contribution in [0.15, 0.2) is 48.8 Å². The summed E-state index contributed by atoms with van der Waals surface area (Å²) in [6.45, 7) is 3.39. The second kappa shape index (κ2) is 7.50. The first kappa shape index (κ1) is 15.9. The Kier molecular flexibility index (Phi) is 5.67. The van der Waals surface area contributed by atoms with Crippen molar-refractivity contribution in [3.63, 3.8) is 0 Å². The number of pyridine rings is 1. The van der Waals surface area contributed by atoms with E-state index in [0.29, 0.717) is 6.54 Å². The highest BCUT2D eigenvalue weighted by Gasteiger charge is 2.24. The predicted octanol–water partition coefficient (Wildman–Crippen LogP) is 2.79. The molecule has 1 unspecified atom stereocenters. The molecule has 5 heteroatoms. The predicted molar refractivity (Wildman–Crippen MR) is 83.9 cm³/mol. The van der Waals surface area contributed by atoms with Gasteiger partial charge in [0, 0.05) is 50.2 Å². The molecule has 1 saturated heterocycles. The van der Waals surface area contributed by atoms with E-state index in [1.807, 2.05) is 36.7 Å². The van der Waals surface area contributed by atoms with Crippen LogP contribution in [0, 0.1) is 5.82 Å². The van der Waals surface area contributed by atoms with E-state index in [4.69, 9.17) is 0 Å². The van der Waals surface area contributed by atoms with Gasteiger partial charge in [-0.2, -0.15) is 0 Å². The van der Waals surface area contributed by atoms with Crippen LogP contribution in [-0.2, 0) is 6.54 Å². The van der Waals surface area contributed by atoms with Crippen LogP contribution in [0.2, 0.25) is 0 Å². The summed E-state index contributed by atoms with van der Waals surface area (Å²) in [5.74, 6) is -0.125. The molecule has 0 saturated carbocycles. The molecule has 2 aromatic rings. The first-order valence-corrected chi connectivity index (χ1v) is 6.92. The van der Waals surface area contributed by atoms with Crippen LogP contribution in [0.3, 0.4) is 0 Å². The average molecular weight is 308 g/mol. The van der Waals surface area contributed by atoms with Crippen molar-refractivity contribution in [2.75, 3.05) is 19.6 Å². The largest absolute Gasteiger partial charge is 0.314 e. The summed E-state index contributed by atoms with van der Waals surface area (Å²) in [7, 11) is 0. The Hall–Kier alpha value is -1.49. The molecule has 3 rings (SSSR count). The van der Waals surface area contributed by atoms with Crippen molar-refractivity contribution in [2.24, 2.45) is 0 Å². The van der Waals surface area contributed by atoms with Crippen LogP contribution >= 0.6 is 12.4 Å². The molecule has 1 aromatic carbocycles. The minimum absolute atomic E-state index is 0. The van der Waals surface area contributed by atoms with Crippen LogP contribution in [-0.4, -0.2) is 29.5 Å². The van der Waals surface area contributed by atoms with Crippen molar-refractivity contribution in [3.8, 4) is 0 Å². The van der Waals surface area contributed by atoms with E-state index in [1.165, 1.54) is 11.6 Å². The highest BCUT2D eigenvalue weighted by molar-refractivity contribution is 5.85. The van der Waals surface area contributed by atoms with Crippen molar-refractivity contribution in [3.05, 3.63) is 65.7 Å². The number of aromatic nitrogens is 1. The van der Waals surface area contributed by atoms with Gasteiger partial charge in [0.1, 0.15) is 5.82 Å². The summed E-state index contributed by atoms with van der Waals surface area (Å²) in [4.78, 5) is 6.39. The van der Waals surface area contributed by atoms with Crippen LogP contribution in [0.4, 0.5) is 4.39 Å². The van der Waals surface area contributed by atoms with Gasteiger partial charge in [0.2, 0.25) is 0 Å². The molecule has 1 fully saturated rings. The maximum absolute atomic E-state index is 13.8. The number of rotatable bonds is 3. The first-order chi connectivity index (χ1) is 9.84. The van der Waals surface area contributed by atoms with Gasteiger partial charge in [-0.1, -0.05) is 18.2 Å². The number of hydrogen-bond donors (Lipinski definition) is 1. The van der Waals surface area contributed by atoms with Gasteiger partial charge in [-0.25, -0.2) is 4.39 Å². The lowest BCUT2D eigenvalue weighted by Crippen LogP contribution is -2.45. The molecule has 1 aromatic heterocycles. The number of hydrogen-bond acceptors (Lipinski definition) is 3. The number of halogens is 2. The van der Waals surface area contributed by atoms with Crippen molar-refractivity contribution in [1.82, 2.24) is 15.2 Å². The summed E-state index contributed by atoms with van der Waals surface area (Å²) in [6.07, 6.45) is 3.62. The molecule has 0 bridgehead atoms. The lowest BCUT2D eigenvalue weighted by Gasteiger charge is -2.36. The van der Waals surface area contributed by atoms with E-state index in [0.717, 1.165) is 25.2 Å². The third-order valence-corrected chi connectivity index (χ3v) is 3.78. The Labute approximate surface area is 130 Å². The second-order valence-electron chi connectivity index (χ2n) is 5.06. The van der Waals surface area contributed by atoms with Crippen LogP contribution in [0.1, 0.15) is 17.2 Å². The zero-order valence-corrected chi connectivity index (χ0v) is 12.5. The Bertz CT molecular complexity index is 564. The van der Waals surface area contributed by atoms with Crippen molar-refractivity contribution in [2.45, 2.75) is 12.6 Å². The van der Waals surface area contributed by atoms with E-state index in [9.17, 15) is 4.39 Å². The maximum Gasteiger partial charge on any atom is 0.127 e. The molecule has 0 spiro atoms. The number of nitrogens with zero attached hydrogens (tertiary/aromatic N) is 2. The Morgan fingerprint density at radius 2 is 1.95 bits per heavy atom. The third-order valence-electron chi connectivity index (χ3n) is 3.78. The normalized spacial score (nSPS) is 19.0. The highest BCUT2D eigenvalue weighted by Crippen LogP contribution is 2.24.